The molecule has 0 amide bonds. The summed E-state index contributed by atoms with van der Waals surface area (Å²) in [5.74, 6) is 0.577. The van der Waals surface area contributed by atoms with Crippen LogP contribution in [0.15, 0.2) is 47.5 Å². The van der Waals surface area contributed by atoms with E-state index in [9.17, 15) is 9.18 Å². The van der Waals surface area contributed by atoms with E-state index in [4.69, 9.17) is 9.47 Å². The largest absolute Gasteiger partial charge is 0.489 e. The van der Waals surface area contributed by atoms with Gasteiger partial charge in [0.15, 0.2) is 11.3 Å². The van der Waals surface area contributed by atoms with Crippen LogP contribution in [0, 0.1) is 5.82 Å². The number of fused-ring (bicyclic) bond motifs is 1. The first-order chi connectivity index (χ1) is 15.1. The predicted molar refractivity (Wildman–Crippen MR) is 114 cm³/mol. The maximum absolute atomic E-state index is 13.2. The summed E-state index contributed by atoms with van der Waals surface area (Å²) < 4.78 is 24.1. The number of halogens is 1. The van der Waals surface area contributed by atoms with Gasteiger partial charge in [0.1, 0.15) is 23.8 Å². The van der Waals surface area contributed by atoms with Crippen molar-refractivity contribution in [1.29, 1.82) is 0 Å². The number of H-pyrrole nitrogens is 2. The van der Waals surface area contributed by atoms with Crippen molar-refractivity contribution in [2.75, 3.05) is 25.6 Å². The van der Waals surface area contributed by atoms with Crippen LogP contribution >= 0.6 is 0 Å². The molecular formula is C21H21FN6O3. The number of ether oxygens (including phenoxy) is 2. The highest BCUT2D eigenvalue weighted by Crippen LogP contribution is 2.32. The molecule has 0 radical (unpaired) electrons. The van der Waals surface area contributed by atoms with Crippen molar-refractivity contribution in [3.63, 3.8) is 0 Å². The Hall–Kier alpha value is -3.79. The quantitative estimate of drug-likeness (QED) is 0.372. The Morgan fingerprint density at radius 1 is 1.23 bits per heavy atom. The number of hydrogen-bond acceptors (Lipinski definition) is 7. The van der Waals surface area contributed by atoms with Gasteiger partial charge in [-0.2, -0.15) is 5.10 Å². The van der Waals surface area contributed by atoms with E-state index in [2.05, 4.69) is 30.5 Å². The molecule has 0 bridgehead atoms. The van der Waals surface area contributed by atoms with Crippen LogP contribution in [0.5, 0.6) is 5.75 Å². The van der Waals surface area contributed by atoms with E-state index in [1.165, 1.54) is 12.3 Å². The van der Waals surface area contributed by atoms with Crippen molar-refractivity contribution in [3.8, 4) is 17.0 Å². The summed E-state index contributed by atoms with van der Waals surface area (Å²) in [6.45, 7) is 2.60. The summed E-state index contributed by atoms with van der Waals surface area (Å²) in [5, 5.41) is 10.5. The van der Waals surface area contributed by atoms with Crippen molar-refractivity contribution < 1.29 is 13.9 Å². The van der Waals surface area contributed by atoms with Crippen molar-refractivity contribution in [2.24, 2.45) is 0 Å². The molecule has 0 aliphatic heterocycles. The smallest absolute Gasteiger partial charge is 0.257 e. The fraction of sp³-hybridized carbons (Fsp3) is 0.238. The number of anilines is 1. The highest BCUT2D eigenvalue weighted by Gasteiger charge is 2.18. The monoisotopic (exact) mass is 424 g/mol. The summed E-state index contributed by atoms with van der Waals surface area (Å²) in [7, 11) is 1.59. The summed E-state index contributed by atoms with van der Waals surface area (Å²) in [6.07, 6.45) is 2.72. The lowest BCUT2D eigenvalue weighted by Gasteiger charge is -2.15. The Morgan fingerprint density at radius 3 is 2.84 bits per heavy atom. The topological polar surface area (TPSA) is 118 Å². The van der Waals surface area contributed by atoms with Gasteiger partial charge in [0.05, 0.1) is 35.8 Å². The lowest BCUT2D eigenvalue weighted by atomic mass is 10.1. The Bertz CT molecular complexity index is 1240. The molecule has 0 spiro atoms. The number of nitrogens with zero attached hydrogens (tertiary/aromatic N) is 3. The average Bonchev–Trinajstić information content (AvgIpc) is 3.18. The van der Waals surface area contributed by atoms with Crippen molar-refractivity contribution >= 4 is 16.9 Å². The van der Waals surface area contributed by atoms with E-state index in [0.717, 1.165) is 0 Å². The highest BCUT2D eigenvalue weighted by atomic mass is 19.1. The van der Waals surface area contributed by atoms with Gasteiger partial charge < -0.3 is 19.8 Å². The summed E-state index contributed by atoms with van der Waals surface area (Å²) in [6, 6.07) is 7.83. The van der Waals surface area contributed by atoms with Gasteiger partial charge in [-0.3, -0.25) is 14.9 Å². The Kier molecular flexibility index (Phi) is 5.89. The molecule has 0 aliphatic carbocycles. The number of methoxy groups -OCH3 is 1. The predicted octanol–water partition coefficient (Wildman–Crippen LogP) is 3.05. The van der Waals surface area contributed by atoms with Crippen LogP contribution in [0.2, 0.25) is 0 Å². The lowest BCUT2D eigenvalue weighted by molar-refractivity contribution is 0.147. The van der Waals surface area contributed by atoms with Crippen LogP contribution in [0.1, 0.15) is 18.7 Å². The Balaban J connectivity index is 1.75. The molecule has 160 valence electrons. The molecule has 4 aromatic rings. The van der Waals surface area contributed by atoms with Crippen LogP contribution in [-0.4, -0.2) is 45.5 Å². The molecule has 10 heteroatoms. The van der Waals surface area contributed by atoms with E-state index in [1.807, 2.05) is 6.92 Å². The first kappa shape index (κ1) is 20.5. The second kappa shape index (κ2) is 8.92. The number of rotatable bonds is 8. The van der Waals surface area contributed by atoms with Crippen LogP contribution in [0.3, 0.4) is 0 Å². The molecule has 0 saturated heterocycles. The molecule has 0 fully saturated rings. The third-order valence-corrected chi connectivity index (χ3v) is 4.66. The second-order valence-corrected chi connectivity index (χ2v) is 6.82. The van der Waals surface area contributed by atoms with Gasteiger partial charge in [0.2, 0.25) is 0 Å². The van der Waals surface area contributed by atoms with E-state index in [1.54, 1.807) is 37.6 Å². The molecular weight excluding hydrogens is 403 g/mol. The maximum Gasteiger partial charge on any atom is 0.257 e. The van der Waals surface area contributed by atoms with E-state index >= 15 is 0 Å². The van der Waals surface area contributed by atoms with Gasteiger partial charge in [-0.15, -0.1) is 0 Å². The van der Waals surface area contributed by atoms with E-state index in [-0.39, 0.29) is 11.6 Å². The minimum Gasteiger partial charge on any atom is -0.489 e. The zero-order valence-electron chi connectivity index (χ0n) is 17.0. The zero-order valence-corrected chi connectivity index (χ0v) is 17.0. The summed E-state index contributed by atoms with van der Waals surface area (Å²) in [5.41, 5.74) is 2.24. The zero-order chi connectivity index (χ0) is 21.8. The van der Waals surface area contributed by atoms with Gasteiger partial charge in [-0.05, 0) is 31.2 Å². The van der Waals surface area contributed by atoms with E-state index in [0.29, 0.717) is 52.8 Å². The van der Waals surface area contributed by atoms with Gasteiger partial charge in [-0.1, -0.05) is 0 Å². The molecule has 1 unspecified atom stereocenters. The first-order valence-corrected chi connectivity index (χ1v) is 9.63. The molecule has 0 aliphatic rings. The lowest BCUT2D eigenvalue weighted by Crippen LogP contribution is -2.11. The number of pyridine rings is 3. The van der Waals surface area contributed by atoms with Crippen molar-refractivity contribution in [2.45, 2.75) is 13.0 Å². The van der Waals surface area contributed by atoms with Gasteiger partial charge in [0, 0.05) is 19.4 Å². The molecule has 4 heterocycles. The van der Waals surface area contributed by atoms with Gasteiger partial charge in [-0.25, -0.2) is 9.37 Å². The Labute approximate surface area is 176 Å². The molecule has 4 aromatic heterocycles. The average molecular weight is 424 g/mol. The van der Waals surface area contributed by atoms with Crippen LogP contribution in [0.4, 0.5) is 10.2 Å². The highest BCUT2D eigenvalue weighted by molar-refractivity contribution is 5.94. The minimum absolute atomic E-state index is 0.257. The summed E-state index contributed by atoms with van der Waals surface area (Å²) in [4.78, 5) is 23.7. The van der Waals surface area contributed by atoms with Gasteiger partial charge in [0.25, 0.3) is 5.56 Å². The molecule has 31 heavy (non-hydrogen) atoms. The second-order valence-electron chi connectivity index (χ2n) is 6.82. The van der Waals surface area contributed by atoms with Crippen LogP contribution in [-0.2, 0) is 4.74 Å². The molecule has 3 N–H and O–H groups in total. The summed E-state index contributed by atoms with van der Waals surface area (Å²) >= 11 is 0. The SMILES string of the molecule is COCCOc1cc(NC(C)c2ccc(F)cn2)nc2c(-c3ccc[nH]c3=O)[nH]nc12. The minimum atomic E-state index is -0.402. The number of aromatic nitrogens is 5. The fourth-order valence-corrected chi connectivity index (χ4v) is 3.13. The molecule has 0 aromatic carbocycles. The molecule has 9 nitrogen and oxygen atoms in total. The normalized spacial score (nSPS) is 12.1. The van der Waals surface area contributed by atoms with Gasteiger partial charge >= 0.3 is 0 Å². The van der Waals surface area contributed by atoms with Crippen molar-refractivity contribution in [3.05, 3.63) is 64.6 Å². The van der Waals surface area contributed by atoms with Crippen LogP contribution < -0.4 is 15.6 Å². The third kappa shape index (κ3) is 4.38. The van der Waals surface area contributed by atoms with E-state index < -0.39 is 5.82 Å². The standard InChI is InChI=1S/C21H21FN6O3/c1-12(15-6-5-13(22)11-24-15)25-17-10-16(31-9-8-30-2)19-20(26-17)18(27-28-19)14-4-3-7-23-21(14)29/h3-7,10-12H,8-9H2,1-2H3,(H,23,29)(H,25,26)(H,27,28). The molecule has 4 rings (SSSR count). The maximum atomic E-state index is 13.2. The number of aromatic amines is 2. The Morgan fingerprint density at radius 2 is 2.10 bits per heavy atom. The molecule has 1 atom stereocenters. The third-order valence-electron chi connectivity index (χ3n) is 4.66. The van der Waals surface area contributed by atoms with Crippen LogP contribution in [0.25, 0.3) is 22.3 Å². The molecule has 0 saturated carbocycles. The number of hydrogen-bond donors (Lipinski definition) is 3. The first-order valence-electron chi connectivity index (χ1n) is 9.63. The fourth-order valence-electron chi connectivity index (χ4n) is 3.13. The number of nitrogens with one attached hydrogen (secondary N) is 3. The van der Waals surface area contributed by atoms with Crippen molar-refractivity contribution in [1.82, 2.24) is 25.1 Å².